The molecule has 4 heteroatoms. The van der Waals surface area contributed by atoms with E-state index in [9.17, 15) is 0 Å². The predicted molar refractivity (Wildman–Crippen MR) is 70.1 cm³/mol. The molecule has 1 aromatic heterocycles. The summed E-state index contributed by atoms with van der Waals surface area (Å²) in [5, 5.41) is 1.03. The maximum absolute atomic E-state index is 6.21. The Balaban J connectivity index is 1.77. The maximum atomic E-state index is 6.21. The highest BCUT2D eigenvalue weighted by atomic mass is 32.1. The van der Waals surface area contributed by atoms with Crippen LogP contribution in [0, 0.1) is 0 Å². The fourth-order valence-corrected chi connectivity index (χ4v) is 3.24. The normalized spacial score (nSPS) is 22.1. The van der Waals surface area contributed by atoms with E-state index in [4.69, 9.17) is 10.5 Å². The highest BCUT2D eigenvalue weighted by Gasteiger charge is 2.21. The minimum absolute atomic E-state index is 0.00972. The molecule has 2 aromatic rings. The van der Waals surface area contributed by atoms with Gasteiger partial charge in [-0.25, -0.2) is 4.98 Å². The highest BCUT2D eigenvalue weighted by Crippen LogP contribution is 2.29. The zero-order valence-corrected chi connectivity index (χ0v) is 10.5. The largest absolute Gasteiger partial charge is 0.378 e. The number of nitrogens with zero attached hydrogens (tertiary/aromatic N) is 1. The Morgan fingerprint density at radius 2 is 2.35 bits per heavy atom. The Labute approximate surface area is 105 Å². The second-order valence-electron chi connectivity index (χ2n) is 4.50. The van der Waals surface area contributed by atoms with Gasteiger partial charge in [-0.05, 0) is 31.4 Å². The third-order valence-corrected chi connectivity index (χ3v) is 4.34. The first-order valence-electron chi connectivity index (χ1n) is 6.05. The molecule has 0 saturated carbocycles. The van der Waals surface area contributed by atoms with Crippen LogP contribution in [-0.2, 0) is 4.74 Å². The van der Waals surface area contributed by atoms with Crippen molar-refractivity contribution in [1.29, 1.82) is 0 Å². The molecule has 1 fully saturated rings. The first-order chi connectivity index (χ1) is 8.33. The quantitative estimate of drug-likeness (QED) is 0.908. The minimum Gasteiger partial charge on any atom is -0.378 e. The van der Waals surface area contributed by atoms with E-state index in [2.05, 4.69) is 11.1 Å². The third-order valence-electron chi connectivity index (χ3n) is 3.17. The predicted octanol–water partition coefficient (Wildman–Crippen LogP) is 2.87. The molecule has 1 aliphatic rings. The number of hydrogen-bond donors (Lipinski definition) is 1. The zero-order valence-electron chi connectivity index (χ0n) is 9.63. The van der Waals surface area contributed by atoms with Gasteiger partial charge in [0.1, 0.15) is 5.01 Å². The van der Waals surface area contributed by atoms with Crippen molar-refractivity contribution in [3.63, 3.8) is 0 Å². The van der Waals surface area contributed by atoms with E-state index >= 15 is 0 Å². The van der Waals surface area contributed by atoms with Crippen LogP contribution in [0.25, 0.3) is 10.2 Å². The minimum atomic E-state index is 0.00972. The van der Waals surface area contributed by atoms with Gasteiger partial charge in [0, 0.05) is 6.61 Å². The maximum Gasteiger partial charge on any atom is 0.111 e. The molecule has 0 amide bonds. The second kappa shape index (κ2) is 4.72. The van der Waals surface area contributed by atoms with Gasteiger partial charge in [-0.1, -0.05) is 12.1 Å². The number of para-hydroxylation sites is 1. The molecule has 3 nitrogen and oxygen atoms in total. The van der Waals surface area contributed by atoms with Crippen molar-refractivity contribution in [2.75, 3.05) is 6.61 Å². The topological polar surface area (TPSA) is 48.1 Å². The second-order valence-corrected chi connectivity index (χ2v) is 5.56. The molecule has 0 bridgehead atoms. The smallest absolute Gasteiger partial charge is 0.111 e. The molecule has 1 saturated heterocycles. The molecule has 17 heavy (non-hydrogen) atoms. The Morgan fingerprint density at radius 3 is 3.12 bits per heavy atom. The highest BCUT2D eigenvalue weighted by molar-refractivity contribution is 7.18. The van der Waals surface area contributed by atoms with Crippen molar-refractivity contribution in [1.82, 2.24) is 4.98 Å². The van der Waals surface area contributed by atoms with Crippen LogP contribution in [0.1, 0.15) is 30.3 Å². The fraction of sp³-hybridized carbons (Fsp3) is 0.462. The number of hydrogen-bond acceptors (Lipinski definition) is 4. The van der Waals surface area contributed by atoms with Crippen LogP contribution in [0.2, 0.25) is 0 Å². The number of thiazole rings is 1. The van der Waals surface area contributed by atoms with E-state index in [1.54, 1.807) is 11.3 Å². The summed E-state index contributed by atoms with van der Waals surface area (Å²) in [6.07, 6.45) is 3.52. The van der Waals surface area contributed by atoms with Gasteiger partial charge in [-0.2, -0.15) is 0 Å². The van der Waals surface area contributed by atoms with Gasteiger partial charge in [0.25, 0.3) is 0 Å². The molecule has 0 radical (unpaired) electrons. The van der Waals surface area contributed by atoms with Crippen LogP contribution in [0.15, 0.2) is 24.3 Å². The van der Waals surface area contributed by atoms with E-state index < -0.39 is 0 Å². The molecule has 2 N–H and O–H groups in total. The van der Waals surface area contributed by atoms with Crippen LogP contribution in [-0.4, -0.2) is 17.7 Å². The molecule has 2 heterocycles. The van der Waals surface area contributed by atoms with E-state index in [-0.39, 0.29) is 6.04 Å². The van der Waals surface area contributed by atoms with Gasteiger partial charge in [0.05, 0.1) is 22.4 Å². The van der Waals surface area contributed by atoms with Crippen molar-refractivity contribution >= 4 is 21.6 Å². The molecular weight excluding hydrogens is 232 g/mol. The third kappa shape index (κ3) is 2.34. The molecule has 1 aromatic carbocycles. The summed E-state index contributed by atoms with van der Waals surface area (Å²) in [6.45, 7) is 0.886. The summed E-state index contributed by atoms with van der Waals surface area (Å²) in [7, 11) is 0. The fourth-order valence-electron chi connectivity index (χ4n) is 2.26. The summed E-state index contributed by atoms with van der Waals surface area (Å²) in [4.78, 5) is 4.59. The molecule has 1 aliphatic heterocycles. The first-order valence-corrected chi connectivity index (χ1v) is 6.87. The number of benzene rings is 1. The molecule has 0 spiro atoms. The number of rotatable bonds is 3. The van der Waals surface area contributed by atoms with Crippen molar-refractivity contribution in [3.8, 4) is 0 Å². The van der Waals surface area contributed by atoms with E-state index in [1.165, 1.54) is 4.70 Å². The lowest BCUT2D eigenvalue weighted by atomic mass is 10.1. The lowest BCUT2D eigenvalue weighted by molar-refractivity contribution is 0.0983. The molecular formula is C13H16N2OS. The van der Waals surface area contributed by atoms with E-state index in [1.807, 2.05) is 18.2 Å². The van der Waals surface area contributed by atoms with Crippen LogP contribution >= 0.6 is 11.3 Å². The van der Waals surface area contributed by atoms with Crippen LogP contribution in [0.3, 0.4) is 0 Å². The Bertz CT molecular complexity index is 472. The van der Waals surface area contributed by atoms with Gasteiger partial charge in [0.2, 0.25) is 0 Å². The van der Waals surface area contributed by atoms with Crippen molar-refractivity contribution in [2.24, 2.45) is 5.73 Å². The van der Waals surface area contributed by atoms with Crippen LogP contribution < -0.4 is 5.73 Å². The van der Waals surface area contributed by atoms with Crippen molar-refractivity contribution in [2.45, 2.75) is 31.4 Å². The van der Waals surface area contributed by atoms with E-state index in [0.29, 0.717) is 6.10 Å². The van der Waals surface area contributed by atoms with E-state index in [0.717, 1.165) is 36.4 Å². The molecule has 90 valence electrons. The number of fused-ring (bicyclic) bond motifs is 1. The van der Waals surface area contributed by atoms with Gasteiger partial charge in [-0.15, -0.1) is 11.3 Å². The average Bonchev–Trinajstić information content (AvgIpc) is 2.96. The Hall–Kier alpha value is -0.970. The van der Waals surface area contributed by atoms with Gasteiger partial charge < -0.3 is 10.5 Å². The van der Waals surface area contributed by atoms with Crippen molar-refractivity contribution in [3.05, 3.63) is 29.3 Å². The lowest BCUT2D eigenvalue weighted by Crippen LogP contribution is -2.18. The van der Waals surface area contributed by atoms with Gasteiger partial charge >= 0.3 is 0 Å². The zero-order chi connectivity index (χ0) is 11.7. The summed E-state index contributed by atoms with van der Waals surface area (Å²) in [5.74, 6) is 0. The molecule has 2 unspecified atom stereocenters. The summed E-state index contributed by atoms with van der Waals surface area (Å²) >= 11 is 1.70. The van der Waals surface area contributed by atoms with Crippen molar-refractivity contribution < 1.29 is 4.74 Å². The standard InChI is InChI=1S/C13H16N2OS/c14-10(8-9-4-3-7-16-9)13-15-11-5-1-2-6-12(11)17-13/h1-2,5-6,9-10H,3-4,7-8,14H2. The number of ether oxygens (including phenoxy) is 1. The molecule has 2 atom stereocenters. The summed E-state index contributed by atoms with van der Waals surface area (Å²) in [5.41, 5.74) is 7.26. The molecule has 0 aliphatic carbocycles. The summed E-state index contributed by atoms with van der Waals surface area (Å²) < 4.78 is 6.83. The molecule has 3 rings (SSSR count). The average molecular weight is 248 g/mol. The van der Waals surface area contributed by atoms with Gasteiger partial charge in [0.15, 0.2) is 0 Å². The number of nitrogens with two attached hydrogens (primary N) is 1. The number of aromatic nitrogens is 1. The van der Waals surface area contributed by atoms with Crippen LogP contribution in [0.5, 0.6) is 0 Å². The Kier molecular flexibility index (Phi) is 3.09. The monoisotopic (exact) mass is 248 g/mol. The Morgan fingerprint density at radius 1 is 1.47 bits per heavy atom. The SMILES string of the molecule is NC(CC1CCCO1)c1nc2ccccc2s1. The van der Waals surface area contributed by atoms with Crippen LogP contribution in [0.4, 0.5) is 0 Å². The first kappa shape index (κ1) is 11.1. The van der Waals surface area contributed by atoms with Gasteiger partial charge in [-0.3, -0.25) is 0 Å². The summed E-state index contributed by atoms with van der Waals surface area (Å²) in [6, 6.07) is 8.19. The lowest BCUT2D eigenvalue weighted by Gasteiger charge is -2.13.